The predicted octanol–water partition coefficient (Wildman–Crippen LogP) is -0.967. The van der Waals surface area contributed by atoms with E-state index in [0.29, 0.717) is 0 Å². The van der Waals surface area contributed by atoms with Gasteiger partial charge in [-0.2, -0.15) is 0 Å². The smallest absolute Gasteiger partial charge is 0.337 e. The number of ether oxygens (including phenoxy) is 3. The van der Waals surface area contributed by atoms with Crippen LogP contribution in [0.25, 0.3) is 0 Å². The molecule has 0 bridgehead atoms. The van der Waals surface area contributed by atoms with Gasteiger partial charge in [0.15, 0.2) is 11.9 Å². The van der Waals surface area contributed by atoms with E-state index in [2.05, 4.69) is 4.74 Å². The average Bonchev–Trinajstić information content (AvgIpc) is 2.52. The molecule has 1 heterocycles. The van der Waals surface area contributed by atoms with Gasteiger partial charge in [-0.3, -0.25) is 0 Å². The number of hydrogen-bond donors (Lipinski definition) is 2. The van der Waals surface area contributed by atoms with Gasteiger partial charge in [0.25, 0.3) is 0 Å². The number of hydrogen-bond acceptors (Lipinski definition) is 6. The van der Waals surface area contributed by atoms with Crippen LogP contribution in [0.4, 0.5) is 0 Å². The van der Waals surface area contributed by atoms with Crippen molar-refractivity contribution in [1.29, 1.82) is 0 Å². The highest BCUT2D eigenvalue weighted by Gasteiger charge is 2.48. The van der Waals surface area contributed by atoms with E-state index in [1.54, 1.807) is 13.8 Å². The van der Waals surface area contributed by atoms with Crippen LogP contribution in [0.2, 0.25) is 0 Å². The lowest BCUT2D eigenvalue weighted by Crippen LogP contribution is -2.42. The van der Waals surface area contributed by atoms with Gasteiger partial charge < -0.3 is 24.4 Å². The quantitative estimate of drug-likeness (QED) is 0.595. The standard InChI is InChI=1S/C9H16O6/c1-9(2)14-6(5(11)4-10)7(15-9)8(12)13-3/h5-7,10-11H,4H2,1-3H3/t5-,6+,7+/m1/s1. The van der Waals surface area contributed by atoms with Crippen LogP contribution in [0.5, 0.6) is 0 Å². The number of carbonyl (C=O) groups is 1. The summed E-state index contributed by atoms with van der Waals surface area (Å²) in [6.07, 6.45) is -3.08. The van der Waals surface area contributed by atoms with E-state index in [1.165, 1.54) is 7.11 Å². The van der Waals surface area contributed by atoms with Gasteiger partial charge in [-0.15, -0.1) is 0 Å². The zero-order chi connectivity index (χ0) is 11.6. The Bertz CT molecular complexity index is 239. The number of aliphatic hydroxyl groups is 2. The van der Waals surface area contributed by atoms with E-state index >= 15 is 0 Å². The summed E-state index contributed by atoms with van der Waals surface area (Å²) in [5.41, 5.74) is 0. The molecule has 88 valence electrons. The predicted molar refractivity (Wildman–Crippen MR) is 48.9 cm³/mol. The third-order valence-corrected chi connectivity index (χ3v) is 2.13. The Kier molecular flexibility index (Phi) is 3.67. The fourth-order valence-corrected chi connectivity index (χ4v) is 1.47. The van der Waals surface area contributed by atoms with Gasteiger partial charge in [-0.05, 0) is 13.8 Å². The number of methoxy groups -OCH3 is 1. The third-order valence-electron chi connectivity index (χ3n) is 2.13. The van der Waals surface area contributed by atoms with Gasteiger partial charge in [-0.25, -0.2) is 4.79 Å². The molecule has 6 nitrogen and oxygen atoms in total. The first-order chi connectivity index (χ1) is 6.91. The Hall–Kier alpha value is -0.690. The molecule has 0 aromatic carbocycles. The molecule has 1 rings (SSSR count). The second-order valence-electron chi connectivity index (χ2n) is 3.79. The van der Waals surface area contributed by atoms with Gasteiger partial charge in [0, 0.05) is 0 Å². The molecule has 0 spiro atoms. The first-order valence-corrected chi connectivity index (χ1v) is 4.63. The minimum Gasteiger partial charge on any atom is -0.467 e. The van der Waals surface area contributed by atoms with E-state index in [0.717, 1.165) is 0 Å². The number of carbonyl (C=O) groups excluding carboxylic acids is 1. The fourth-order valence-electron chi connectivity index (χ4n) is 1.47. The Labute approximate surface area is 87.7 Å². The van der Waals surface area contributed by atoms with Crippen molar-refractivity contribution in [2.75, 3.05) is 13.7 Å². The summed E-state index contributed by atoms with van der Waals surface area (Å²) < 4.78 is 15.1. The molecule has 6 heteroatoms. The van der Waals surface area contributed by atoms with Crippen LogP contribution in [0, 0.1) is 0 Å². The van der Waals surface area contributed by atoms with Crippen LogP contribution < -0.4 is 0 Å². The SMILES string of the molecule is COC(=O)[C@H]1OC(C)(C)O[C@H]1[C@H](O)CO. The molecule has 1 fully saturated rings. The van der Waals surface area contributed by atoms with Crippen molar-refractivity contribution in [2.24, 2.45) is 0 Å². The summed E-state index contributed by atoms with van der Waals surface area (Å²) in [6.45, 7) is 2.73. The normalized spacial score (nSPS) is 31.3. The molecule has 1 aliphatic heterocycles. The molecule has 0 radical (unpaired) electrons. The van der Waals surface area contributed by atoms with Crippen molar-refractivity contribution in [3.8, 4) is 0 Å². The van der Waals surface area contributed by atoms with E-state index in [9.17, 15) is 9.90 Å². The Morgan fingerprint density at radius 1 is 1.53 bits per heavy atom. The monoisotopic (exact) mass is 220 g/mol. The molecule has 0 amide bonds. The molecule has 15 heavy (non-hydrogen) atoms. The highest BCUT2D eigenvalue weighted by molar-refractivity contribution is 5.75. The largest absolute Gasteiger partial charge is 0.467 e. The Balaban J connectivity index is 2.79. The van der Waals surface area contributed by atoms with E-state index in [-0.39, 0.29) is 0 Å². The molecule has 1 aliphatic rings. The summed E-state index contributed by atoms with van der Waals surface area (Å²) in [5, 5.41) is 18.2. The van der Waals surface area contributed by atoms with E-state index < -0.39 is 36.7 Å². The molecule has 0 aliphatic carbocycles. The average molecular weight is 220 g/mol. The highest BCUT2D eigenvalue weighted by Crippen LogP contribution is 2.30. The minimum atomic E-state index is -1.17. The fraction of sp³-hybridized carbons (Fsp3) is 0.889. The lowest BCUT2D eigenvalue weighted by atomic mass is 10.1. The van der Waals surface area contributed by atoms with Gasteiger partial charge in [0.2, 0.25) is 0 Å². The zero-order valence-electron chi connectivity index (χ0n) is 8.97. The van der Waals surface area contributed by atoms with Crippen LogP contribution >= 0.6 is 0 Å². The first kappa shape index (κ1) is 12.4. The maximum Gasteiger partial charge on any atom is 0.337 e. The molecule has 2 N–H and O–H groups in total. The van der Waals surface area contributed by atoms with Crippen molar-refractivity contribution in [3.63, 3.8) is 0 Å². The minimum absolute atomic E-state index is 0.502. The number of esters is 1. The van der Waals surface area contributed by atoms with Crippen LogP contribution in [-0.2, 0) is 19.0 Å². The molecular formula is C9H16O6. The summed E-state index contributed by atoms with van der Waals surface area (Å²) in [5.74, 6) is -1.60. The van der Waals surface area contributed by atoms with Crippen LogP contribution in [-0.4, -0.2) is 54.0 Å². The van der Waals surface area contributed by atoms with Crippen molar-refractivity contribution in [3.05, 3.63) is 0 Å². The Morgan fingerprint density at radius 2 is 2.13 bits per heavy atom. The van der Waals surface area contributed by atoms with Crippen molar-refractivity contribution < 1.29 is 29.2 Å². The summed E-state index contributed by atoms with van der Waals surface area (Å²) >= 11 is 0. The van der Waals surface area contributed by atoms with E-state index in [4.69, 9.17) is 14.6 Å². The molecule has 1 saturated heterocycles. The summed E-state index contributed by atoms with van der Waals surface area (Å²) in [4.78, 5) is 11.3. The van der Waals surface area contributed by atoms with Crippen LogP contribution in [0.3, 0.4) is 0 Å². The number of aliphatic hydroxyl groups excluding tert-OH is 2. The summed E-state index contributed by atoms with van der Waals surface area (Å²) in [6, 6.07) is 0. The highest BCUT2D eigenvalue weighted by atomic mass is 16.8. The maximum absolute atomic E-state index is 11.3. The van der Waals surface area contributed by atoms with Crippen molar-refractivity contribution >= 4 is 5.97 Å². The van der Waals surface area contributed by atoms with Crippen LogP contribution in [0.1, 0.15) is 13.8 Å². The summed E-state index contributed by atoms with van der Waals surface area (Å²) in [7, 11) is 1.22. The lowest BCUT2D eigenvalue weighted by molar-refractivity contribution is -0.169. The van der Waals surface area contributed by atoms with Gasteiger partial charge >= 0.3 is 5.97 Å². The second kappa shape index (κ2) is 4.44. The molecule has 0 aromatic heterocycles. The van der Waals surface area contributed by atoms with Gasteiger partial charge in [-0.1, -0.05) is 0 Å². The molecule has 0 aromatic rings. The van der Waals surface area contributed by atoms with Crippen LogP contribution in [0.15, 0.2) is 0 Å². The van der Waals surface area contributed by atoms with E-state index in [1.807, 2.05) is 0 Å². The first-order valence-electron chi connectivity index (χ1n) is 4.63. The topological polar surface area (TPSA) is 85.2 Å². The Morgan fingerprint density at radius 3 is 2.60 bits per heavy atom. The lowest BCUT2D eigenvalue weighted by Gasteiger charge is -2.19. The molecule has 0 unspecified atom stereocenters. The van der Waals surface area contributed by atoms with Crippen molar-refractivity contribution in [1.82, 2.24) is 0 Å². The maximum atomic E-state index is 11.3. The zero-order valence-corrected chi connectivity index (χ0v) is 8.97. The molecular weight excluding hydrogens is 204 g/mol. The number of rotatable bonds is 3. The third kappa shape index (κ3) is 2.66. The van der Waals surface area contributed by atoms with Gasteiger partial charge in [0.05, 0.1) is 13.7 Å². The molecule has 3 atom stereocenters. The second-order valence-corrected chi connectivity index (χ2v) is 3.79. The van der Waals surface area contributed by atoms with Gasteiger partial charge in [0.1, 0.15) is 12.2 Å². The van der Waals surface area contributed by atoms with Crippen molar-refractivity contribution in [2.45, 2.75) is 37.9 Å². The molecule has 0 saturated carbocycles.